The maximum Gasteiger partial charge on any atom is 0.296 e. The van der Waals surface area contributed by atoms with Gasteiger partial charge in [-0.15, -0.1) is 15.3 Å². The molecule has 0 fully saturated rings. The molecule has 32 nitrogen and oxygen atoms in total. The van der Waals surface area contributed by atoms with Gasteiger partial charge in [0.15, 0.2) is 17.4 Å². The Morgan fingerprint density at radius 3 is 1.16 bits per heavy atom. The third kappa shape index (κ3) is 13.4. The van der Waals surface area contributed by atoms with E-state index in [-0.39, 0.29) is 5.69 Å². The number of benzene rings is 7. The fraction of sp³-hybridized carbons (Fsp3) is 0.0238. The van der Waals surface area contributed by atoms with E-state index in [2.05, 4.69) is 35.7 Å². The quantitative estimate of drug-likeness (QED) is 0.0110. The van der Waals surface area contributed by atoms with Gasteiger partial charge in [0.2, 0.25) is 0 Å². The standard InChI is InChI=1S/C42H32N8O24S7/c1-19(51)44-29-18-28(76(57,58)59)12-22-13-33(80(69,70)71)39(41(52)35(22)29)49-46-25-6-4-20(30(16-25)77(60,61)62)2-3-21-5-7-26(17-31(21)78(63,64)65)47-50-40-34(81(72,73)74)15-23-14-32(79(66,67)68)38(37(43)36(23)42(40)53)48-45-24-8-10-27(11-9-24)75(54,55)56/h2-18,52-53H,43H2,1H3,(H,44,51)(H,54,55,56)(H,57,58,59)(H,60,61,62)(H,63,64,65)(H,66,67,68)(H,69,70,71)(H,72,73,74). The number of phenols is 2. The van der Waals surface area contributed by atoms with Crippen LogP contribution >= 0.6 is 0 Å². The Hall–Kier alpha value is -8.16. The molecule has 7 rings (SSSR count). The minimum absolute atomic E-state index is 0.190. The molecule has 0 saturated heterocycles. The molecule has 0 bridgehead atoms. The average Bonchev–Trinajstić information content (AvgIpc) is 3.53. The van der Waals surface area contributed by atoms with Gasteiger partial charge in [-0.2, -0.15) is 74.3 Å². The monoisotopic (exact) mass is 1260 g/mol. The van der Waals surface area contributed by atoms with E-state index in [1.165, 1.54) is 0 Å². The summed E-state index contributed by atoms with van der Waals surface area (Å²) in [6, 6.07) is 11.8. The Morgan fingerprint density at radius 1 is 0.407 bits per heavy atom. The van der Waals surface area contributed by atoms with Crippen molar-refractivity contribution in [2.75, 3.05) is 5.73 Å². The molecule has 81 heavy (non-hydrogen) atoms. The second kappa shape index (κ2) is 21.4. The van der Waals surface area contributed by atoms with Crippen LogP contribution in [0.3, 0.4) is 0 Å². The van der Waals surface area contributed by atoms with Gasteiger partial charge >= 0.3 is 0 Å². The zero-order valence-electron chi connectivity index (χ0n) is 39.6. The maximum atomic E-state index is 12.7. The van der Waals surface area contributed by atoms with Crippen LogP contribution in [0.15, 0.2) is 161 Å². The SMILES string of the molecule is CC(O)=Nc1cc(S(=O)(=O)O)cc2cc(S(=O)(=O)O)c(N=Nc3ccc(C=Cc4ccc(N=Nc5c(S(=O)(=O)O)cc6cc(S(=O)(=O)O)c(N=Nc7ccc(S(=O)(=O)O)cc7)c(N)c6c5O)cc4S(=O)(=O)O)c(S(=O)(=O)O)c3)c(O)c12. The van der Waals surface area contributed by atoms with Gasteiger partial charge in [-0.1, -0.05) is 24.3 Å². The number of nitrogen functional groups attached to an aromatic ring is 1. The van der Waals surface area contributed by atoms with Crippen LogP contribution in [0, 0.1) is 0 Å². The zero-order valence-corrected chi connectivity index (χ0v) is 45.3. The third-order valence-electron chi connectivity index (χ3n) is 10.8. The number of rotatable bonds is 16. The van der Waals surface area contributed by atoms with Crippen molar-refractivity contribution in [1.82, 2.24) is 0 Å². The summed E-state index contributed by atoms with van der Waals surface area (Å²) in [7, 11) is -36.5. The van der Waals surface area contributed by atoms with Crippen LogP contribution in [0.25, 0.3) is 33.7 Å². The lowest BCUT2D eigenvalue weighted by Gasteiger charge is -2.14. The number of aliphatic hydroxyl groups excluding tert-OH is 1. The molecule has 0 saturated carbocycles. The molecule has 0 radical (unpaired) electrons. The normalized spacial score (nSPS) is 13.7. The first-order chi connectivity index (χ1) is 37.1. The van der Waals surface area contributed by atoms with E-state index in [1.807, 2.05) is 0 Å². The highest BCUT2D eigenvalue weighted by Crippen LogP contribution is 2.49. The van der Waals surface area contributed by atoms with Gasteiger partial charge in [0, 0.05) is 6.92 Å². The lowest BCUT2D eigenvalue weighted by atomic mass is 10.1. The molecular formula is C42H32N8O24S7. The van der Waals surface area contributed by atoms with Crippen LogP contribution < -0.4 is 5.73 Å². The van der Waals surface area contributed by atoms with Crippen molar-refractivity contribution in [3.8, 4) is 11.5 Å². The maximum absolute atomic E-state index is 12.7. The minimum Gasteiger partial charge on any atom is -0.505 e. The molecular weight excluding hydrogens is 1220 g/mol. The van der Waals surface area contributed by atoms with Crippen molar-refractivity contribution in [2.24, 2.45) is 35.7 Å². The lowest BCUT2D eigenvalue weighted by molar-refractivity contribution is 0.471. The molecule has 0 aliphatic carbocycles. The summed E-state index contributed by atoms with van der Waals surface area (Å²) in [6.45, 7) is 1.02. The predicted octanol–water partition coefficient (Wildman–Crippen LogP) is 7.74. The molecule has 0 unspecified atom stereocenters. The van der Waals surface area contributed by atoms with Crippen LogP contribution in [0.4, 0.5) is 45.5 Å². The number of aromatic hydroxyl groups is 2. The van der Waals surface area contributed by atoms with Gasteiger partial charge in [-0.3, -0.25) is 31.9 Å². The Bertz CT molecular complexity index is 4880. The highest BCUT2D eigenvalue weighted by atomic mass is 32.2. The fourth-order valence-electron chi connectivity index (χ4n) is 7.33. The van der Waals surface area contributed by atoms with Crippen LogP contribution in [-0.4, -0.2) is 112 Å². The number of nitrogens with two attached hydrogens (primary N) is 1. The number of anilines is 1. The molecule has 0 heterocycles. The van der Waals surface area contributed by atoms with Crippen molar-refractivity contribution in [2.45, 2.75) is 41.2 Å². The molecule has 0 amide bonds. The summed E-state index contributed by atoms with van der Waals surface area (Å²) in [5, 5.41) is 52.3. The summed E-state index contributed by atoms with van der Waals surface area (Å²) < 4.78 is 242. The van der Waals surface area contributed by atoms with E-state index in [0.717, 1.165) is 67.6 Å². The Balaban J connectivity index is 1.28. The molecule has 0 aliphatic heterocycles. The van der Waals surface area contributed by atoms with Gasteiger partial charge in [0.05, 0.1) is 49.0 Å². The molecule has 12 N–H and O–H groups in total. The van der Waals surface area contributed by atoms with Crippen LogP contribution in [0.1, 0.15) is 18.1 Å². The van der Waals surface area contributed by atoms with Gasteiger partial charge in [-0.25, -0.2) is 4.99 Å². The number of fused-ring (bicyclic) bond motifs is 2. The van der Waals surface area contributed by atoms with E-state index < -0.39 is 195 Å². The first-order valence-electron chi connectivity index (χ1n) is 21.0. The van der Waals surface area contributed by atoms with Gasteiger partial charge in [-0.05, 0) is 101 Å². The van der Waals surface area contributed by atoms with Gasteiger partial charge in [0.1, 0.15) is 41.5 Å². The van der Waals surface area contributed by atoms with E-state index in [9.17, 15) is 106 Å². The Morgan fingerprint density at radius 2 is 0.765 bits per heavy atom. The van der Waals surface area contributed by atoms with E-state index in [4.69, 9.17) is 5.73 Å². The average molecular weight is 1260 g/mol. The van der Waals surface area contributed by atoms with Crippen molar-refractivity contribution < 1.29 is 106 Å². The van der Waals surface area contributed by atoms with E-state index >= 15 is 0 Å². The van der Waals surface area contributed by atoms with Crippen molar-refractivity contribution in [3.63, 3.8) is 0 Å². The molecule has 39 heteroatoms. The highest BCUT2D eigenvalue weighted by Gasteiger charge is 2.30. The smallest absolute Gasteiger partial charge is 0.296 e. The molecule has 7 aromatic carbocycles. The number of phenolic OH excluding ortho intramolecular Hbond substituents is 2. The second-order valence-electron chi connectivity index (χ2n) is 16.3. The predicted molar refractivity (Wildman–Crippen MR) is 281 cm³/mol. The third-order valence-corrected chi connectivity index (χ3v) is 16.9. The van der Waals surface area contributed by atoms with E-state index in [0.29, 0.717) is 42.5 Å². The van der Waals surface area contributed by atoms with Crippen LogP contribution in [0.2, 0.25) is 0 Å². The topological polar surface area (TPSA) is 554 Å². The molecule has 0 aliphatic rings. The first kappa shape index (κ1) is 60.5. The van der Waals surface area contributed by atoms with Crippen LogP contribution in [-0.2, 0) is 70.8 Å². The van der Waals surface area contributed by atoms with Gasteiger partial charge < -0.3 is 21.1 Å². The Labute approximate surface area is 455 Å². The summed E-state index contributed by atoms with van der Waals surface area (Å²) in [5.41, 5.74) is -0.514. The summed E-state index contributed by atoms with van der Waals surface area (Å²) in [6.07, 6.45) is 1.75. The summed E-state index contributed by atoms with van der Waals surface area (Å²) in [5.74, 6) is -3.15. The first-order valence-corrected chi connectivity index (χ1v) is 31.1. The molecule has 426 valence electrons. The second-order valence-corrected chi connectivity index (χ2v) is 26.1. The number of azo groups is 3. The number of nitrogens with zero attached hydrogens (tertiary/aromatic N) is 7. The largest absolute Gasteiger partial charge is 0.505 e. The van der Waals surface area contributed by atoms with Gasteiger partial charge in [0.25, 0.3) is 70.8 Å². The minimum atomic E-state index is -5.47. The molecule has 0 atom stereocenters. The lowest BCUT2D eigenvalue weighted by Crippen LogP contribution is -2.03. The number of hydrogen-bond acceptors (Lipinski definition) is 24. The Kier molecular flexibility index (Phi) is 16.0. The summed E-state index contributed by atoms with van der Waals surface area (Å²) in [4.78, 5) is -3.44. The number of aliphatic hydroxyl groups is 1. The molecule has 0 spiro atoms. The van der Waals surface area contributed by atoms with Crippen molar-refractivity contribution in [1.29, 1.82) is 0 Å². The molecule has 7 aromatic rings. The number of aliphatic imine (C=N–C) groups is 1. The number of hydrogen-bond donors (Lipinski definition) is 11. The van der Waals surface area contributed by atoms with Crippen LogP contribution in [0.5, 0.6) is 11.5 Å². The van der Waals surface area contributed by atoms with Crippen molar-refractivity contribution in [3.05, 3.63) is 102 Å². The highest BCUT2D eigenvalue weighted by molar-refractivity contribution is 7.87. The van der Waals surface area contributed by atoms with Crippen molar-refractivity contribution >= 4 is 156 Å². The molecule has 0 aromatic heterocycles. The van der Waals surface area contributed by atoms with E-state index in [1.54, 1.807) is 0 Å². The fourth-order valence-corrected chi connectivity index (χ4v) is 11.7. The zero-order chi connectivity index (χ0) is 60.3. The summed E-state index contributed by atoms with van der Waals surface area (Å²) >= 11 is 0.